The topological polar surface area (TPSA) is 25.8 Å². The van der Waals surface area contributed by atoms with Crippen molar-refractivity contribution in [2.45, 2.75) is 66.2 Å². The molecule has 0 unspecified atom stereocenters. The highest BCUT2D eigenvalue weighted by atomic mass is 14.9. The van der Waals surface area contributed by atoms with Gasteiger partial charge in [-0.25, -0.2) is 0 Å². The number of hydrogen-bond acceptors (Lipinski definition) is 2. The van der Waals surface area contributed by atoms with Crippen LogP contribution in [0.4, 0.5) is 0 Å². The van der Waals surface area contributed by atoms with Gasteiger partial charge in [-0.05, 0) is 24.7 Å². The maximum Gasteiger partial charge on any atom is 0.0650 e. The van der Waals surface area contributed by atoms with Crippen molar-refractivity contribution in [3.63, 3.8) is 0 Å². The van der Waals surface area contributed by atoms with E-state index in [1.54, 1.807) is 0 Å². The Kier molecular flexibility index (Phi) is 4.45. The van der Waals surface area contributed by atoms with Gasteiger partial charge in [-0.15, -0.1) is 0 Å². The molecule has 16 heavy (non-hydrogen) atoms. The van der Waals surface area contributed by atoms with Gasteiger partial charge in [0.1, 0.15) is 0 Å². The standard InChI is InChI=1S/C14H24N2/c1-7-11-12(8-2)16-14(10(5)6)13(15-11)9(3)4/h9-10H,7-8H2,1-6H3. The van der Waals surface area contributed by atoms with Crippen LogP contribution in [0.3, 0.4) is 0 Å². The van der Waals surface area contributed by atoms with Crippen LogP contribution in [0.25, 0.3) is 0 Å². The SMILES string of the molecule is CCc1nc(C(C)C)c(C(C)C)nc1CC. The van der Waals surface area contributed by atoms with E-state index in [1.165, 1.54) is 22.8 Å². The number of aryl methyl sites for hydroxylation is 2. The fourth-order valence-corrected chi connectivity index (χ4v) is 1.95. The lowest BCUT2D eigenvalue weighted by Gasteiger charge is -2.17. The Morgan fingerprint density at radius 3 is 1.25 bits per heavy atom. The highest BCUT2D eigenvalue weighted by Crippen LogP contribution is 2.24. The minimum atomic E-state index is 0.459. The zero-order valence-corrected chi connectivity index (χ0v) is 11.5. The van der Waals surface area contributed by atoms with Gasteiger partial charge in [0.25, 0.3) is 0 Å². The Morgan fingerprint density at radius 2 is 1.06 bits per heavy atom. The van der Waals surface area contributed by atoms with E-state index in [2.05, 4.69) is 41.5 Å². The predicted octanol–water partition coefficient (Wildman–Crippen LogP) is 3.85. The molecule has 2 nitrogen and oxygen atoms in total. The summed E-state index contributed by atoms with van der Waals surface area (Å²) >= 11 is 0. The number of aromatic nitrogens is 2. The zero-order chi connectivity index (χ0) is 12.3. The molecular weight excluding hydrogens is 196 g/mol. The molecule has 1 aromatic heterocycles. The normalized spacial score (nSPS) is 11.5. The van der Waals surface area contributed by atoms with Crippen LogP contribution in [-0.4, -0.2) is 9.97 Å². The average Bonchev–Trinajstić information content (AvgIpc) is 2.26. The lowest BCUT2D eigenvalue weighted by atomic mass is 9.99. The summed E-state index contributed by atoms with van der Waals surface area (Å²) < 4.78 is 0. The molecule has 0 aliphatic rings. The van der Waals surface area contributed by atoms with E-state index < -0.39 is 0 Å². The summed E-state index contributed by atoms with van der Waals surface area (Å²) in [5.74, 6) is 0.919. The molecule has 0 radical (unpaired) electrons. The maximum atomic E-state index is 4.82. The largest absolute Gasteiger partial charge is 0.254 e. The molecule has 0 atom stereocenters. The average molecular weight is 220 g/mol. The lowest BCUT2D eigenvalue weighted by molar-refractivity contribution is 0.699. The molecule has 0 spiro atoms. The second-order valence-electron chi connectivity index (χ2n) is 4.90. The summed E-state index contributed by atoms with van der Waals surface area (Å²) in [5.41, 5.74) is 4.72. The minimum absolute atomic E-state index is 0.459. The van der Waals surface area contributed by atoms with Gasteiger partial charge in [-0.1, -0.05) is 41.5 Å². The number of nitrogens with zero attached hydrogens (tertiary/aromatic N) is 2. The van der Waals surface area contributed by atoms with E-state index in [4.69, 9.17) is 9.97 Å². The quantitative estimate of drug-likeness (QED) is 0.770. The van der Waals surface area contributed by atoms with E-state index in [0.29, 0.717) is 11.8 Å². The molecule has 0 aromatic carbocycles. The van der Waals surface area contributed by atoms with Crippen LogP contribution in [0.5, 0.6) is 0 Å². The van der Waals surface area contributed by atoms with Crippen molar-refractivity contribution in [2.75, 3.05) is 0 Å². The Morgan fingerprint density at radius 1 is 0.750 bits per heavy atom. The van der Waals surface area contributed by atoms with E-state index in [1.807, 2.05) is 0 Å². The first-order chi connectivity index (χ1) is 7.51. The Balaban J connectivity index is 3.35. The van der Waals surface area contributed by atoms with Gasteiger partial charge in [0.2, 0.25) is 0 Å². The first-order valence-corrected chi connectivity index (χ1v) is 6.40. The second kappa shape index (κ2) is 5.42. The van der Waals surface area contributed by atoms with Crippen LogP contribution in [0, 0.1) is 0 Å². The zero-order valence-electron chi connectivity index (χ0n) is 11.5. The molecule has 0 saturated carbocycles. The third kappa shape index (κ3) is 2.60. The van der Waals surface area contributed by atoms with Crippen molar-refractivity contribution < 1.29 is 0 Å². The van der Waals surface area contributed by atoms with Crippen molar-refractivity contribution in [3.05, 3.63) is 22.8 Å². The van der Waals surface area contributed by atoms with Crippen LogP contribution in [0.2, 0.25) is 0 Å². The van der Waals surface area contributed by atoms with E-state index in [0.717, 1.165) is 12.8 Å². The van der Waals surface area contributed by atoms with Crippen molar-refractivity contribution >= 4 is 0 Å². The Bertz CT molecular complexity index is 319. The molecular formula is C14H24N2. The summed E-state index contributed by atoms with van der Waals surface area (Å²) in [6, 6.07) is 0. The second-order valence-corrected chi connectivity index (χ2v) is 4.90. The van der Waals surface area contributed by atoms with Crippen molar-refractivity contribution in [2.24, 2.45) is 0 Å². The van der Waals surface area contributed by atoms with Gasteiger partial charge < -0.3 is 0 Å². The summed E-state index contributed by atoms with van der Waals surface area (Å²) in [7, 11) is 0. The van der Waals surface area contributed by atoms with Crippen molar-refractivity contribution in [1.29, 1.82) is 0 Å². The monoisotopic (exact) mass is 220 g/mol. The fourth-order valence-electron chi connectivity index (χ4n) is 1.95. The molecule has 0 amide bonds. The molecule has 0 aliphatic carbocycles. The van der Waals surface area contributed by atoms with Crippen LogP contribution in [0.1, 0.15) is 76.2 Å². The molecule has 2 heteroatoms. The van der Waals surface area contributed by atoms with E-state index in [9.17, 15) is 0 Å². The summed E-state index contributed by atoms with van der Waals surface area (Å²) in [4.78, 5) is 9.64. The van der Waals surface area contributed by atoms with Gasteiger partial charge in [-0.2, -0.15) is 0 Å². The highest BCUT2D eigenvalue weighted by molar-refractivity contribution is 5.25. The molecule has 0 aliphatic heterocycles. The molecule has 1 aromatic rings. The van der Waals surface area contributed by atoms with E-state index in [-0.39, 0.29) is 0 Å². The Labute approximate surface area is 99.5 Å². The third-order valence-corrected chi connectivity index (χ3v) is 2.87. The molecule has 0 fully saturated rings. The van der Waals surface area contributed by atoms with Crippen molar-refractivity contribution in [1.82, 2.24) is 9.97 Å². The van der Waals surface area contributed by atoms with Crippen molar-refractivity contribution in [3.8, 4) is 0 Å². The minimum Gasteiger partial charge on any atom is -0.254 e. The summed E-state index contributed by atoms with van der Waals surface area (Å²) in [6.45, 7) is 13.1. The molecule has 0 bridgehead atoms. The number of rotatable bonds is 4. The lowest BCUT2D eigenvalue weighted by Crippen LogP contribution is -2.11. The van der Waals surface area contributed by atoms with Gasteiger partial charge in [-0.3, -0.25) is 9.97 Å². The molecule has 1 rings (SSSR count). The predicted molar refractivity (Wildman–Crippen MR) is 69.0 cm³/mol. The highest BCUT2D eigenvalue weighted by Gasteiger charge is 2.16. The van der Waals surface area contributed by atoms with Gasteiger partial charge in [0, 0.05) is 0 Å². The first kappa shape index (κ1) is 13.1. The van der Waals surface area contributed by atoms with Crippen LogP contribution in [-0.2, 0) is 12.8 Å². The maximum absolute atomic E-state index is 4.82. The molecule has 90 valence electrons. The van der Waals surface area contributed by atoms with Crippen LogP contribution in [0.15, 0.2) is 0 Å². The van der Waals surface area contributed by atoms with Crippen LogP contribution >= 0.6 is 0 Å². The summed E-state index contributed by atoms with van der Waals surface area (Å²) in [5, 5.41) is 0. The van der Waals surface area contributed by atoms with Crippen LogP contribution < -0.4 is 0 Å². The molecule has 0 saturated heterocycles. The summed E-state index contributed by atoms with van der Waals surface area (Å²) in [6.07, 6.45) is 1.96. The Hall–Kier alpha value is -0.920. The number of hydrogen-bond donors (Lipinski definition) is 0. The van der Waals surface area contributed by atoms with Gasteiger partial charge in [0.05, 0.1) is 22.8 Å². The fraction of sp³-hybridized carbons (Fsp3) is 0.714. The van der Waals surface area contributed by atoms with Gasteiger partial charge in [0.15, 0.2) is 0 Å². The molecule has 1 heterocycles. The van der Waals surface area contributed by atoms with E-state index >= 15 is 0 Å². The van der Waals surface area contributed by atoms with Gasteiger partial charge >= 0.3 is 0 Å². The first-order valence-electron chi connectivity index (χ1n) is 6.40. The molecule has 0 N–H and O–H groups in total. The smallest absolute Gasteiger partial charge is 0.0650 e. The third-order valence-electron chi connectivity index (χ3n) is 2.87.